The van der Waals surface area contributed by atoms with Crippen LogP contribution in [0.15, 0.2) is 24.3 Å². The van der Waals surface area contributed by atoms with Crippen molar-refractivity contribution in [2.75, 3.05) is 26.0 Å². The van der Waals surface area contributed by atoms with Crippen LogP contribution < -0.4 is 10.6 Å². The van der Waals surface area contributed by atoms with E-state index in [1.807, 2.05) is 38.1 Å². The predicted octanol–water partition coefficient (Wildman–Crippen LogP) is 1.64. The average molecular weight is 291 g/mol. The quantitative estimate of drug-likeness (QED) is 0.803. The summed E-state index contributed by atoms with van der Waals surface area (Å²) in [6.45, 7) is 4.30. The highest BCUT2D eigenvalue weighted by Crippen LogP contribution is 2.11. The Morgan fingerprint density at radius 1 is 1.14 bits per heavy atom. The van der Waals surface area contributed by atoms with Gasteiger partial charge in [-0.25, -0.2) is 0 Å². The molecule has 2 amide bonds. The first-order valence-electron chi connectivity index (χ1n) is 7.21. The lowest BCUT2D eigenvalue weighted by molar-refractivity contribution is -0.128. The molecule has 5 nitrogen and oxygen atoms in total. The van der Waals surface area contributed by atoms with Crippen molar-refractivity contribution in [3.63, 3.8) is 0 Å². The first-order valence-corrected chi connectivity index (χ1v) is 7.21. The number of hydrogen-bond donors (Lipinski definition) is 2. The highest BCUT2D eigenvalue weighted by atomic mass is 16.2. The van der Waals surface area contributed by atoms with Crippen molar-refractivity contribution in [2.24, 2.45) is 0 Å². The van der Waals surface area contributed by atoms with Crippen molar-refractivity contribution in [3.05, 3.63) is 29.8 Å². The van der Waals surface area contributed by atoms with E-state index in [0.29, 0.717) is 19.4 Å². The molecule has 0 heterocycles. The van der Waals surface area contributed by atoms with Crippen LogP contribution in [0.25, 0.3) is 0 Å². The van der Waals surface area contributed by atoms with Gasteiger partial charge < -0.3 is 15.5 Å². The molecule has 0 saturated heterocycles. The molecule has 0 aliphatic heterocycles. The Balaban J connectivity index is 2.43. The number of carbonyl (C=O) groups excluding carboxylic acids is 2. The van der Waals surface area contributed by atoms with Crippen LogP contribution >= 0.6 is 0 Å². The summed E-state index contributed by atoms with van der Waals surface area (Å²) in [6, 6.07) is 7.89. The predicted molar refractivity (Wildman–Crippen MR) is 85.2 cm³/mol. The normalized spacial score (nSPS) is 10.5. The Bertz CT molecular complexity index is 467. The van der Waals surface area contributed by atoms with Gasteiger partial charge in [0.25, 0.3) is 0 Å². The van der Waals surface area contributed by atoms with E-state index < -0.39 is 0 Å². The molecule has 1 rings (SSSR count). The fraction of sp³-hybridized carbons (Fsp3) is 0.500. The van der Waals surface area contributed by atoms with Crippen molar-refractivity contribution in [3.8, 4) is 0 Å². The largest absolute Gasteiger partial charge is 0.349 e. The van der Waals surface area contributed by atoms with Crippen molar-refractivity contribution < 1.29 is 9.59 Å². The first kappa shape index (κ1) is 17.2. The minimum atomic E-state index is -0.0563. The van der Waals surface area contributed by atoms with Crippen LogP contribution in [0, 0.1) is 0 Å². The van der Waals surface area contributed by atoms with E-state index >= 15 is 0 Å². The molecule has 0 aliphatic rings. The molecule has 21 heavy (non-hydrogen) atoms. The van der Waals surface area contributed by atoms with E-state index in [2.05, 4.69) is 10.6 Å². The molecule has 0 bridgehead atoms. The number of nitrogens with zero attached hydrogens (tertiary/aromatic N) is 1. The number of anilines is 1. The van der Waals surface area contributed by atoms with E-state index in [9.17, 15) is 9.59 Å². The van der Waals surface area contributed by atoms with Gasteiger partial charge in [-0.05, 0) is 24.1 Å². The minimum Gasteiger partial charge on any atom is -0.349 e. The Morgan fingerprint density at radius 3 is 2.29 bits per heavy atom. The SMILES string of the molecule is CC(C)NCC(=O)Nc1ccc(CCC(=O)N(C)C)cc1. The zero-order chi connectivity index (χ0) is 15.8. The van der Waals surface area contributed by atoms with E-state index in [1.165, 1.54) is 0 Å². The molecule has 0 aliphatic carbocycles. The third-order valence-electron chi connectivity index (χ3n) is 3.03. The molecule has 0 atom stereocenters. The third-order valence-corrected chi connectivity index (χ3v) is 3.03. The van der Waals surface area contributed by atoms with Gasteiger partial charge in [-0.1, -0.05) is 26.0 Å². The van der Waals surface area contributed by atoms with Crippen LogP contribution in [0.5, 0.6) is 0 Å². The minimum absolute atomic E-state index is 0.0563. The second-order valence-electron chi connectivity index (χ2n) is 5.57. The summed E-state index contributed by atoms with van der Waals surface area (Å²) < 4.78 is 0. The van der Waals surface area contributed by atoms with E-state index in [1.54, 1.807) is 19.0 Å². The van der Waals surface area contributed by atoms with Crippen molar-refractivity contribution in [2.45, 2.75) is 32.7 Å². The first-order chi connectivity index (χ1) is 9.88. The molecular weight excluding hydrogens is 266 g/mol. The molecule has 0 radical (unpaired) electrons. The molecule has 2 N–H and O–H groups in total. The summed E-state index contributed by atoms with van der Waals surface area (Å²) in [6.07, 6.45) is 1.21. The second-order valence-corrected chi connectivity index (χ2v) is 5.57. The fourth-order valence-corrected chi connectivity index (χ4v) is 1.73. The zero-order valence-corrected chi connectivity index (χ0v) is 13.3. The van der Waals surface area contributed by atoms with Crippen LogP contribution in [0.4, 0.5) is 5.69 Å². The van der Waals surface area contributed by atoms with Gasteiger partial charge in [0.2, 0.25) is 11.8 Å². The lowest BCUT2D eigenvalue weighted by Crippen LogP contribution is -2.32. The van der Waals surface area contributed by atoms with Crippen molar-refractivity contribution in [1.29, 1.82) is 0 Å². The molecule has 0 aromatic heterocycles. The number of rotatable bonds is 7. The highest BCUT2D eigenvalue weighted by Gasteiger charge is 2.05. The summed E-state index contributed by atoms with van der Waals surface area (Å²) in [5.74, 6) is 0.0615. The van der Waals surface area contributed by atoms with E-state index in [-0.39, 0.29) is 17.9 Å². The number of benzene rings is 1. The summed E-state index contributed by atoms with van der Waals surface area (Å²) >= 11 is 0. The second kappa shape index (κ2) is 8.42. The van der Waals surface area contributed by atoms with E-state index in [4.69, 9.17) is 0 Å². The van der Waals surface area contributed by atoms with Gasteiger partial charge in [0.1, 0.15) is 0 Å². The monoisotopic (exact) mass is 291 g/mol. The van der Waals surface area contributed by atoms with Gasteiger partial charge >= 0.3 is 0 Å². The Kier molecular flexibility index (Phi) is 6.88. The summed E-state index contributed by atoms with van der Waals surface area (Å²) in [7, 11) is 3.51. The number of carbonyl (C=O) groups is 2. The van der Waals surface area contributed by atoms with Gasteiger partial charge in [0, 0.05) is 32.2 Å². The molecule has 0 spiro atoms. The lowest BCUT2D eigenvalue weighted by Gasteiger charge is -2.11. The average Bonchev–Trinajstić information content (AvgIpc) is 2.44. The zero-order valence-electron chi connectivity index (χ0n) is 13.3. The molecule has 0 unspecified atom stereocenters. The van der Waals surface area contributed by atoms with E-state index in [0.717, 1.165) is 11.3 Å². The summed E-state index contributed by atoms with van der Waals surface area (Å²) in [5, 5.41) is 5.90. The van der Waals surface area contributed by atoms with Crippen LogP contribution in [-0.4, -0.2) is 43.4 Å². The standard InChI is InChI=1S/C16H25N3O2/c1-12(2)17-11-15(20)18-14-8-5-13(6-9-14)7-10-16(21)19(3)4/h5-6,8-9,12,17H,7,10-11H2,1-4H3,(H,18,20). The summed E-state index contributed by atoms with van der Waals surface area (Å²) in [5.41, 5.74) is 1.86. The maximum absolute atomic E-state index is 11.7. The van der Waals surface area contributed by atoms with Crippen LogP contribution in [0.1, 0.15) is 25.8 Å². The summed E-state index contributed by atoms with van der Waals surface area (Å²) in [4.78, 5) is 24.8. The Morgan fingerprint density at radius 2 is 1.76 bits per heavy atom. The van der Waals surface area contributed by atoms with Gasteiger partial charge in [0.15, 0.2) is 0 Å². The lowest BCUT2D eigenvalue weighted by atomic mass is 10.1. The van der Waals surface area contributed by atoms with Crippen molar-refractivity contribution >= 4 is 17.5 Å². The molecule has 5 heteroatoms. The third kappa shape index (κ3) is 6.90. The fourth-order valence-electron chi connectivity index (χ4n) is 1.73. The molecule has 0 fully saturated rings. The van der Waals surface area contributed by atoms with Crippen molar-refractivity contribution in [1.82, 2.24) is 10.2 Å². The smallest absolute Gasteiger partial charge is 0.238 e. The molecule has 1 aromatic carbocycles. The molecule has 0 saturated carbocycles. The number of hydrogen-bond acceptors (Lipinski definition) is 3. The van der Waals surface area contributed by atoms with Gasteiger partial charge in [0.05, 0.1) is 6.54 Å². The number of nitrogens with one attached hydrogen (secondary N) is 2. The Hall–Kier alpha value is -1.88. The molecule has 116 valence electrons. The van der Waals surface area contributed by atoms with Gasteiger partial charge in [-0.15, -0.1) is 0 Å². The van der Waals surface area contributed by atoms with Crippen LogP contribution in [-0.2, 0) is 16.0 Å². The maximum atomic E-state index is 11.7. The van der Waals surface area contributed by atoms with Crippen LogP contribution in [0.3, 0.4) is 0 Å². The Labute approximate surface area is 126 Å². The molecule has 1 aromatic rings. The maximum Gasteiger partial charge on any atom is 0.238 e. The number of amides is 2. The number of aryl methyl sites for hydroxylation is 1. The molecular formula is C16H25N3O2. The highest BCUT2D eigenvalue weighted by molar-refractivity contribution is 5.92. The van der Waals surface area contributed by atoms with Gasteiger partial charge in [-0.3, -0.25) is 9.59 Å². The van der Waals surface area contributed by atoms with Gasteiger partial charge in [-0.2, -0.15) is 0 Å². The topological polar surface area (TPSA) is 61.4 Å². The van der Waals surface area contributed by atoms with Crippen LogP contribution in [0.2, 0.25) is 0 Å².